The molecule has 1 aromatic heterocycles. The third kappa shape index (κ3) is 14.3. The van der Waals surface area contributed by atoms with Gasteiger partial charge in [0.2, 0.25) is 11.8 Å². The second-order valence-electron chi connectivity index (χ2n) is 17.3. The number of rotatable bonds is 24. The Morgan fingerprint density at radius 3 is 2.45 bits per heavy atom. The highest BCUT2D eigenvalue weighted by atomic mass is 32.1. The smallest absolute Gasteiger partial charge is 0.309 e. The highest BCUT2D eigenvalue weighted by Gasteiger charge is 2.38. The van der Waals surface area contributed by atoms with Crippen LogP contribution in [-0.4, -0.2) is 82.5 Å². The molecule has 0 spiro atoms. The number of piperidine rings is 1. The van der Waals surface area contributed by atoms with Crippen molar-refractivity contribution < 1.29 is 33.4 Å². The Kier molecular flexibility index (Phi) is 19.5. The summed E-state index contributed by atoms with van der Waals surface area (Å²) in [6.45, 7) is 19.3. The van der Waals surface area contributed by atoms with Crippen LogP contribution in [0, 0.1) is 29.0 Å². The Morgan fingerprint density at radius 2 is 1.84 bits per heavy atom. The molecular formula is C44H71FN6O6S. The van der Waals surface area contributed by atoms with Crippen LogP contribution in [-0.2, 0) is 25.5 Å². The maximum absolute atomic E-state index is 14.8. The number of aromatic nitrogens is 1. The average molecular weight is 831 g/mol. The summed E-state index contributed by atoms with van der Waals surface area (Å²) >= 11 is 1.29. The second-order valence-corrected chi connectivity index (χ2v) is 18.2. The standard InChI is InChI=1S/C44H71FN6O6S/c1-10-13-14-15-20-51(42(54)38(29(7)11-2)50-39(52)34-21-28(6)18-19-47-34)36(27(4)5)24-37(57-12-3)41-49-35(26-58-41)40(53)48-31(25-44(8,9)43(55)56)22-30-16-17-33(46)32(45)23-30/h16-17,23,26-29,31,34,36-38,47H,10-15,18-22,24-25,46H2,1-9H3,(H,48,53)(H,50,52)(H,55,56)/t28-,29+,31+,34?,36-,37-,38+/m1/s1. The number of nitrogens with two attached hydrogens (primary N) is 1. The summed E-state index contributed by atoms with van der Waals surface area (Å²) in [7, 11) is 0. The van der Waals surface area contributed by atoms with E-state index in [0.29, 0.717) is 36.1 Å². The summed E-state index contributed by atoms with van der Waals surface area (Å²) in [5.74, 6) is -1.94. The van der Waals surface area contributed by atoms with Crippen LogP contribution in [0.25, 0.3) is 0 Å². The van der Waals surface area contributed by atoms with Crippen LogP contribution in [0.1, 0.15) is 147 Å². The lowest BCUT2D eigenvalue weighted by Gasteiger charge is -2.40. The number of amides is 3. The van der Waals surface area contributed by atoms with E-state index in [9.17, 15) is 28.7 Å². The number of unbranched alkanes of at least 4 members (excludes halogenated alkanes) is 3. The van der Waals surface area contributed by atoms with Crippen molar-refractivity contribution in [1.82, 2.24) is 25.8 Å². The minimum atomic E-state index is -1.18. The molecule has 326 valence electrons. The topological polar surface area (TPSA) is 176 Å². The van der Waals surface area contributed by atoms with Gasteiger partial charge in [0.05, 0.1) is 17.1 Å². The molecule has 7 atom stereocenters. The van der Waals surface area contributed by atoms with Crippen molar-refractivity contribution >= 4 is 40.7 Å². The summed E-state index contributed by atoms with van der Waals surface area (Å²) in [5.41, 5.74) is 5.23. The number of nitrogen functional groups attached to an aromatic ring is 1. The van der Waals surface area contributed by atoms with Crippen molar-refractivity contribution in [2.75, 3.05) is 25.4 Å². The van der Waals surface area contributed by atoms with Gasteiger partial charge in [0.15, 0.2) is 0 Å². The first kappa shape index (κ1) is 48.7. The number of aliphatic carboxylic acids is 1. The number of carboxylic acids is 1. The van der Waals surface area contributed by atoms with E-state index in [1.807, 2.05) is 25.7 Å². The lowest BCUT2D eigenvalue weighted by Crippen LogP contribution is -2.59. The maximum atomic E-state index is 14.8. The van der Waals surface area contributed by atoms with Crippen molar-refractivity contribution in [3.8, 4) is 0 Å². The predicted molar refractivity (Wildman–Crippen MR) is 229 cm³/mol. The molecule has 58 heavy (non-hydrogen) atoms. The fraction of sp³-hybridized carbons (Fsp3) is 0.705. The molecule has 12 nitrogen and oxygen atoms in total. The average Bonchev–Trinajstić information content (AvgIpc) is 3.67. The van der Waals surface area contributed by atoms with Crippen LogP contribution < -0.4 is 21.7 Å². The maximum Gasteiger partial charge on any atom is 0.309 e. The quantitative estimate of drug-likeness (QED) is 0.0529. The SMILES string of the molecule is CCCCCCN(C(=O)[C@@H](NC(=O)C1C[C@H](C)CCN1)[C@@H](C)CC)[C@H](C[C@@H](OCC)c1nc(C(=O)N[C@@H](Cc2ccc(N)c(F)c2)CC(C)(C)C(=O)O)cs1)C(C)C. The molecule has 0 bridgehead atoms. The highest BCUT2D eigenvalue weighted by molar-refractivity contribution is 7.09. The summed E-state index contributed by atoms with van der Waals surface area (Å²) in [6, 6.07) is 2.48. The third-order valence-corrected chi connectivity index (χ3v) is 12.5. The van der Waals surface area contributed by atoms with E-state index in [2.05, 4.69) is 43.6 Å². The van der Waals surface area contributed by atoms with Crippen molar-refractivity contribution in [1.29, 1.82) is 0 Å². The fourth-order valence-electron chi connectivity index (χ4n) is 7.65. The number of thiazole rings is 1. The molecule has 14 heteroatoms. The van der Waals surface area contributed by atoms with Gasteiger partial charge in [-0.15, -0.1) is 11.3 Å². The molecule has 0 saturated carbocycles. The monoisotopic (exact) mass is 831 g/mol. The molecule has 3 amide bonds. The Labute approximate surface area is 350 Å². The van der Waals surface area contributed by atoms with Gasteiger partial charge in [-0.3, -0.25) is 19.2 Å². The van der Waals surface area contributed by atoms with E-state index in [1.165, 1.54) is 23.5 Å². The number of hydrogen-bond donors (Lipinski definition) is 5. The molecule has 1 fully saturated rings. The van der Waals surface area contributed by atoms with E-state index in [-0.39, 0.29) is 60.0 Å². The number of nitrogens with zero attached hydrogens (tertiary/aromatic N) is 2. The number of nitrogens with one attached hydrogen (secondary N) is 3. The Bertz CT molecular complexity index is 1640. The van der Waals surface area contributed by atoms with Gasteiger partial charge in [-0.25, -0.2) is 9.37 Å². The summed E-state index contributed by atoms with van der Waals surface area (Å²) in [5, 5.41) is 21.6. The zero-order chi connectivity index (χ0) is 43.2. The van der Waals surface area contributed by atoms with Crippen LogP contribution in [0.5, 0.6) is 0 Å². The fourth-order valence-corrected chi connectivity index (χ4v) is 8.51. The molecule has 3 rings (SSSR count). The molecule has 2 heterocycles. The molecule has 1 unspecified atom stereocenters. The molecular weight excluding hydrogens is 760 g/mol. The number of anilines is 1. The van der Waals surface area contributed by atoms with Gasteiger partial charge < -0.3 is 36.4 Å². The van der Waals surface area contributed by atoms with E-state index in [0.717, 1.165) is 51.5 Å². The van der Waals surface area contributed by atoms with Crippen LogP contribution in [0.4, 0.5) is 10.1 Å². The lowest BCUT2D eigenvalue weighted by atomic mass is 9.84. The molecule has 1 aliphatic rings. The van der Waals surface area contributed by atoms with Crippen LogP contribution in [0.2, 0.25) is 0 Å². The van der Waals surface area contributed by atoms with E-state index >= 15 is 0 Å². The van der Waals surface area contributed by atoms with Gasteiger partial charge in [0.25, 0.3) is 5.91 Å². The van der Waals surface area contributed by atoms with E-state index < -0.39 is 41.3 Å². The summed E-state index contributed by atoms with van der Waals surface area (Å²) in [6.07, 6.45) is 6.57. The van der Waals surface area contributed by atoms with Crippen molar-refractivity contribution in [3.05, 3.63) is 45.7 Å². The first-order valence-electron chi connectivity index (χ1n) is 21.4. The molecule has 1 aliphatic heterocycles. The zero-order valence-electron chi connectivity index (χ0n) is 36.4. The minimum Gasteiger partial charge on any atom is -0.481 e. The van der Waals surface area contributed by atoms with Crippen molar-refractivity contribution in [2.24, 2.45) is 23.2 Å². The normalized spacial score (nSPS) is 18.5. The van der Waals surface area contributed by atoms with Crippen LogP contribution in [0.15, 0.2) is 23.6 Å². The third-order valence-electron chi connectivity index (χ3n) is 11.5. The Balaban J connectivity index is 1.91. The lowest BCUT2D eigenvalue weighted by molar-refractivity contribution is -0.147. The number of carboxylic acid groups (broad SMARTS) is 1. The first-order chi connectivity index (χ1) is 27.4. The summed E-state index contributed by atoms with van der Waals surface area (Å²) < 4.78 is 20.7. The predicted octanol–water partition coefficient (Wildman–Crippen LogP) is 7.53. The number of carbonyl (C=O) groups excluding carboxylic acids is 3. The number of carbonyl (C=O) groups is 4. The molecule has 0 radical (unpaired) electrons. The summed E-state index contributed by atoms with van der Waals surface area (Å²) in [4.78, 5) is 61.0. The molecule has 0 aliphatic carbocycles. The molecule has 2 aromatic rings. The minimum absolute atomic E-state index is 0.00162. The number of ether oxygens (including phenoxy) is 1. The molecule has 1 aromatic carbocycles. The van der Waals surface area contributed by atoms with Gasteiger partial charge in [-0.1, -0.05) is 73.3 Å². The van der Waals surface area contributed by atoms with Gasteiger partial charge in [0, 0.05) is 37.0 Å². The van der Waals surface area contributed by atoms with Gasteiger partial charge in [-0.2, -0.15) is 0 Å². The first-order valence-corrected chi connectivity index (χ1v) is 22.3. The second kappa shape index (κ2) is 23.2. The van der Waals surface area contributed by atoms with Crippen molar-refractivity contribution in [2.45, 2.75) is 157 Å². The van der Waals surface area contributed by atoms with Gasteiger partial charge >= 0.3 is 5.97 Å². The Hall–Kier alpha value is -3.62. The number of benzene rings is 1. The van der Waals surface area contributed by atoms with E-state index in [4.69, 9.17) is 15.5 Å². The Morgan fingerprint density at radius 1 is 1.12 bits per heavy atom. The highest BCUT2D eigenvalue weighted by Crippen LogP contribution is 2.32. The number of halogens is 1. The van der Waals surface area contributed by atoms with Gasteiger partial charge in [0.1, 0.15) is 28.7 Å². The zero-order valence-corrected chi connectivity index (χ0v) is 37.2. The molecule has 6 N–H and O–H groups in total. The van der Waals surface area contributed by atoms with E-state index in [1.54, 1.807) is 25.3 Å². The van der Waals surface area contributed by atoms with Crippen molar-refractivity contribution in [3.63, 3.8) is 0 Å². The molecule has 1 saturated heterocycles. The van der Waals surface area contributed by atoms with Gasteiger partial charge in [-0.05, 0) is 94.9 Å². The van der Waals surface area contributed by atoms with Crippen LogP contribution in [0.3, 0.4) is 0 Å². The van der Waals surface area contributed by atoms with Crippen LogP contribution >= 0.6 is 11.3 Å². The number of hydrogen-bond acceptors (Lipinski definition) is 9. The largest absolute Gasteiger partial charge is 0.481 e.